The molecule has 1 aromatic rings. The van der Waals surface area contributed by atoms with E-state index in [1.54, 1.807) is 0 Å². The summed E-state index contributed by atoms with van der Waals surface area (Å²) >= 11 is 0. The number of aromatic nitrogens is 2. The van der Waals surface area contributed by atoms with Crippen LogP contribution in [-0.4, -0.2) is 34.5 Å². The zero-order valence-electron chi connectivity index (χ0n) is 9.59. The molecule has 6 nitrogen and oxygen atoms in total. The van der Waals surface area contributed by atoms with E-state index in [4.69, 9.17) is 14.3 Å². The lowest BCUT2D eigenvalue weighted by molar-refractivity contribution is -0.137. The number of rotatable bonds is 5. The number of carboxylic acids is 1. The van der Waals surface area contributed by atoms with Crippen molar-refractivity contribution in [2.45, 2.75) is 38.0 Å². The highest BCUT2D eigenvalue weighted by molar-refractivity contribution is 5.66. The first-order valence-electron chi connectivity index (χ1n) is 5.87. The van der Waals surface area contributed by atoms with Crippen LogP contribution in [0, 0.1) is 0 Å². The molecule has 1 N–H and O–H groups in total. The van der Waals surface area contributed by atoms with E-state index in [-0.39, 0.29) is 6.42 Å². The molecule has 0 aromatic carbocycles. The largest absolute Gasteiger partial charge is 0.481 e. The maximum atomic E-state index is 10.4. The van der Waals surface area contributed by atoms with Crippen LogP contribution in [0.25, 0.3) is 0 Å². The fourth-order valence-electron chi connectivity index (χ4n) is 1.87. The van der Waals surface area contributed by atoms with Crippen LogP contribution in [0.15, 0.2) is 4.42 Å². The third kappa shape index (κ3) is 3.52. The van der Waals surface area contributed by atoms with Gasteiger partial charge in [-0.25, -0.2) is 0 Å². The minimum absolute atomic E-state index is 0.134. The molecule has 0 radical (unpaired) electrons. The summed E-state index contributed by atoms with van der Waals surface area (Å²) in [6.45, 7) is 1.47. The Morgan fingerprint density at radius 3 is 2.82 bits per heavy atom. The number of aryl methyl sites for hydroxylation is 1. The Morgan fingerprint density at radius 2 is 2.12 bits per heavy atom. The minimum Gasteiger partial charge on any atom is -0.481 e. The predicted molar refractivity (Wildman–Crippen MR) is 57.7 cm³/mol. The molecule has 0 bridgehead atoms. The molecule has 0 saturated carbocycles. The highest BCUT2D eigenvalue weighted by atomic mass is 16.5. The molecule has 6 heteroatoms. The second kappa shape index (κ2) is 5.77. The normalized spacial score (nSPS) is 17.2. The van der Waals surface area contributed by atoms with Crippen LogP contribution in [0.5, 0.6) is 0 Å². The van der Waals surface area contributed by atoms with Crippen LogP contribution in [-0.2, 0) is 16.0 Å². The van der Waals surface area contributed by atoms with Gasteiger partial charge >= 0.3 is 5.97 Å². The Hall–Kier alpha value is -1.43. The highest BCUT2D eigenvalue weighted by Gasteiger charge is 2.21. The summed E-state index contributed by atoms with van der Waals surface area (Å²) < 4.78 is 10.8. The maximum Gasteiger partial charge on any atom is 0.303 e. The molecule has 0 amide bonds. The van der Waals surface area contributed by atoms with Crippen LogP contribution < -0.4 is 0 Å². The van der Waals surface area contributed by atoms with Crippen molar-refractivity contribution in [3.05, 3.63) is 11.8 Å². The van der Waals surface area contributed by atoms with Crippen molar-refractivity contribution < 1.29 is 19.1 Å². The van der Waals surface area contributed by atoms with Gasteiger partial charge in [-0.15, -0.1) is 10.2 Å². The van der Waals surface area contributed by atoms with Crippen molar-refractivity contribution in [2.24, 2.45) is 0 Å². The van der Waals surface area contributed by atoms with Crippen LogP contribution >= 0.6 is 0 Å². The number of carboxylic acid groups (broad SMARTS) is 1. The number of carbonyl (C=O) groups is 1. The van der Waals surface area contributed by atoms with Gasteiger partial charge in [0.05, 0.1) is 0 Å². The maximum absolute atomic E-state index is 10.4. The van der Waals surface area contributed by atoms with Gasteiger partial charge in [0.2, 0.25) is 11.8 Å². The lowest BCUT2D eigenvalue weighted by Gasteiger charge is -2.18. The molecule has 2 rings (SSSR count). The molecular formula is C11H16N2O4. The Kier molecular flexibility index (Phi) is 4.08. The van der Waals surface area contributed by atoms with Crippen molar-refractivity contribution in [1.29, 1.82) is 0 Å². The molecule has 1 aromatic heterocycles. The topological polar surface area (TPSA) is 85.5 Å². The van der Waals surface area contributed by atoms with Gasteiger partial charge in [0.15, 0.2) is 0 Å². The summed E-state index contributed by atoms with van der Waals surface area (Å²) in [5, 5.41) is 16.5. The standard InChI is InChI=1S/C11H16N2O4/c14-10(15)3-1-2-9-12-13-11(17-9)8-4-6-16-7-5-8/h8H,1-7H2,(H,14,15). The Labute approximate surface area is 99.0 Å². The van der Waals surface area contributed by atoms with E-state index in [0.717, 1.165) is 26.1 Å². The second-order valence-electron chi connectivity index (χ2n) is 4.17. The number of ether oxygens (including phenoxy) is 1. The van der Waals surface area contributed by atoms with E-state index in [0.29, 0.717) is 30.5 Å². The van der Waals surface area contributed by atoms with Crippen LogP contribution in [0.2, 0.25) is 0 Å². The van der Waals surface area contributed by atoms with Crippen molar-refractivity contribution in [1.82, 2.24) is 10.2 Å². The number of nitrogens with zero attached hydrogens (tertiary/aromatic N) is 2. The summed E-state index contributed by atoms with van der Waals surface area (Å²) in [5.41, 5.74) is 0. The van der Waals surface area contributed by atoms with Gasteiger partial charge in [0, 0.05) is 32.0 Å². The zero-order valence-corrected chi connectivity index (χ0v) is 9.59. The number of hydrogen-bond donors (Lipinski definition) is 1. The SMILES string of the molecule is O=C(O)CCCc1nnc(C2CCOCC2)o1. The third-order valence-electron chi connectivity index (χ3n) is 2.83. The smallest absolute Gasteiger partial charge is 0.303 e. The summed E-state index contributed by atoms with van der Waals surface area (Å²) in [6.07, 6.45) is 3.02. The Bertz CT molecular complexity index is 371. The van der Waals surface area contributed by atoms with E-state index in [1.165, 1.54) is 0 Å². The van der Waals surface area contributed by atoms with Crippen LogP contribution in [0.4, 0.5) is 0 Å². The van der Waals surface area contributed by atoms with Crippen molar-refractivity contribution >= 4 is 5.97 Å². The van der Waals surface area contributed by atoms with Gasteiger partial charge < -0.3 is 14.3 Å². The molecule has 1 saturated heterocycles. The average Bonchev–Trinajstić information content (AvgIpc) is 2.78. The van der Waals surface area contributed by atoms with Crippen molar-refractivity contribution in [2.75, 3.05) is 13.2 Å². The Morgan fingerprint density at radius 1 is 1.35 bits per heavy atom. The summed E-state index contributed by atoms with van der Waals surface area (Å²) in [6, 6.07) is 0. The predicted octanol–water partition coefficient (Wildman–Crippen LogP) is 1.37. The number of aliphatic carboxylic acids is 1. The number of hydrogen-bond acceptors (Lipinski definition) is 5. The molecule has 17 heavy (non-hydrogen) atoms. The molecule has 0 aliphatic carbocycles. The van der Waals surface area contributed by atoms with E-state index >= 15 is 0 Å². The molecule has 0 spiro atoms. The van der Waals surface area contributed by atoms with E-state index < -0.39 is 5.97 Å². The van der Waals surface area contributed by atoms with E-state index in [1.807, 2.05) is 0 Å². The molecule has 1 aliphatic heterocycles. The van der Waals surface area contributed by atoms with Crippen LogP contribution in [0.3, 0.4) is 0 Å². The third-order valence-corrected chi connectivity index (χ3v) is 2.83. The van der Waals surface area contributed by atoms with E-state index in [2.05, 4.69) is 10.2 Å². The molecule has 1 fully saturated rings. The van der Waals surface area contributed by atoms with Gasteiger partial charge in [-0.2, -0.15) is 0 Å². The van der Waals surface area contributed by atoms with Gasteiger partial charge in [-0.05, 0) is 19.3 Å². The fourth-order valence-corrected chi connectivity index (χ4v) is 1.87. The minimum atomic E-state index is -0.797. The summed E-state index contributed by atoms with van der Waals surface area (Å²) in [4.78, 5) is 10.4. The molecule has 0 atom stereocenters. The van der Waals surface area contributed by atoms with Crippen molar-refractivity contribution in [3.63, 3.8) is 0 Å². The molecule has 0 unspecified atom stereocenters. The average molecular weight is 240 g/mol. The van der Waals surface area contributed by atoms with Gasteiger partial charge in [-0.3, -0.25) is 4.79 Å². The molecule has 2 heterocycles. The van der Waals surface area contributed by atoms with Gasteiger partial charge in [0.25, 0.3) is 0 Å². The first-order chi connectivity index (χ1) is 8.25. The zero-order chi connectivity index (χ0) is 12.1. The molecule has 94 valence electrons. The summed E-state index contributed by atoms with van der Waals surface area (Å²) in [5.74, 6) is 0.699. The lowest BCUT2D eigenvalue weighted by Crippen LogP contribution is -2.14. The highest BCUT2D eigenvalue weighted by Crippen LogP contribution is 2.25. The second-order valence-corrected chi connectivity index (χ2v) is 4.17. The molecular weight excluding hydrogens is 224 g/mol. The van der Waals surface area contributed by atoms with E-state index in [9.17, 15) is 4.79 Å². The van der Waals surface area contributed by atoms with Crippen LogP contribution in [0.1, 0.15) is 43.4 Å². The fraction of sp³-hybridized carbons (Fsp3) is 0.727. The molecule has 1 aliphatic rings. The first-order valence-corrected chi connectivity index (χ1v) is 5.87. The van der Waals surface area contributed by atoms with Gasteiger partial charge in [-0.1, -0.05) is 0 Å². The Balaban J connectivity index is 1.84. The monoisotopic (exact) mass is 240 g/mol. The quantitative estimate of drug-likeness (QED) is 0.836. The van der Waals surface area contributed by atoms with Gasteiger partial charge in [0.1, 0.15) is 0 Å². The first kappa shape index (κ1) is 12.0. The lowest BCUT2D eigenvalue weighted by atomic mass is 10.0. The van der Waals surface area contributed by atoms with Crippen molar-refractivity contribution in [3.8, 4) is 0 Å². The summed E-state index contributed by atoms with van der Waals surface area (Å²) in [7, 11) is 0.